The highest BCUT2D eigenvalue weighted by atomic mass is 16.5. The molecule has 0 fully saturated rings. The van der Waals surface area contributed by atoms with Gasteiger partial charge in [-0.1, -0.05) is 42.5 Å². The zero-order valence-corrected chi connectivity index (χ0v) is 12.7. The molecule has 4 nitrogen and oxygen atoms in total. The van der Waals surface area contributed by atoms with Crippen molar-refractivity contribution in [3.8, 4) is 5.75 Å². The van der Waals surface area contributed by atoms with Crippen LogP contribution >= 0.6 is 0 Å². The van der Waals surface area contributed by atoms with Gasteiger partial charge in [-0.2, -0.15) is 0 Å². The molecule has 0 heterocycles. The second-order valence-corrected chi connectivity index (χ2v) is 4.64. The van der Waals surface area contributed by atoms with Crippen LogP contribution in [-0.2, 0) is 0 Å². The average molecular weight is 286 g/mol. The van der Waals surface area contributed by atoms with Crippen molar-refractivity contribution in [1.29, 1.82) is 0 Å². The summed E-state index contributed by atoms with van der Waals surface area (Å²) >= 11 is 0. The van der Waals surface area contributed by atoms with Crippen LogP contribution in [0.4, 0.5) is 10.5 Å². The maximum Gasteiger partial charge on any atom is 0.319 e. The van der Waals surface area contributed by atoms with E-state index in [0.717, 1.165) is 5.75 Å². The maximum absolute atomic E-state index is 11.4. The van der Waals surface area contributed by atoms with Gasteiger partial charge < -0.3 is 15.4 Å². The summed E-state index contributed by atoms with van der Waals surface area (Å²) in [5, 5.41) is 5.46. The quantitative estimate of drug-likeness (QED) is 0.898. The summed E-state index contributed by atoms with van der Waals surface area (Å²) in [4.78, 5) is 11.4. The first-order valence-electron chi connectivity index (χ1n) is 6.83. The molecule has 0 unspecified atom stereocenters. The molecule has 21 heavy (non-hydrogen) atoms. The zero-order valence-electron chi connectivity index (χ0n) is 12.7. The van der Waals surface area contributed by atoms with Crippen molar-refractivity contribution < 1.29 is 9.53 Å². The molecule has 4 heteroatoms. The number of methoxy groups -OCH3 is 1. The molecule has 2 aromatic carbocycles. The predicted octanol–water partition coefficient (Wildman–Crippen LogP) is 3.91. The molecule has 2 amide bonds. The number of carbonyl (C=O) groups excluding carboxylic acids is 1. The molecule has 2 aromatic rings. The summed E-state index contributed by atoms with van der Waals surface area (Å²) in [7, 11) is 1.59. The van der Waals surface area contributed by atoms with Crippen LogP contribution < -0.4 is 15.4 Å². The summed E-state index contributed by atoms with van der Waals surface area (Å²) in [6.07, 6.45) is 0. The fourth-order valence-electron chi connectivity index (χ4n) is 1.52. The van der Waals surface area contributed by atoms with E-state index in [1.165, 1.54) is 0 Å². The number of benzene rings is 2. The van der Waals surface area contributed by atoms with Crippen LogP contribution in [0.2, 0.25) is 0 Å². The third-order valence-electron chi connectivity index (χ3n) is 2.41. The third kappa shape index (κ3) is 7.62. The molecule has 0 saturated carbocycles. The second-order valence-electron chi connectivity index (χ2n) is 4.64. The topological polar surface area (TPSA) is 50.4 Å². The van der Waals surface area contributed by atoms with E-state index in [-0.39, 0.29) is 12.1 Å². The lowest BCUT2D eigenvalue weighted by Gasteiger charge is -2.10. The maximum atomic E-state index is 11.4. The lowest BCUT2D eigenvalue weighted by Crippen LogP contribution is -2.34. The van der Waals surface area contributed by atoms with Crippen LogP contribution in [0, 0.1) is 0 Å². The van der Waals surface area contributed by atoms with E-state index in [1.54, 1.807) is 13.2 Å². The lowest BCUT2D eigenvalue weighted by atomic mass is 10.3. The van der Waals surface area contributed by atoms with Crippen molar-refractivity contribution in [1.82, 2.24) is 5.32 Å². The minimum absolute atomic E-state index is 0.121. The number of hydrogen-bond donors (Lipinski definition) is 2. The molecular weight excluding hydrogens is 264 g/mol. The normalized spacial score (nSPS) is 9.33. The van der Waals surface area contributed by atoms with Gasteiger partial charge in [-0.15, -0.1) is 0 Å². The van der Waals surface area contributed by atoms with Crippen LogP contribution in [-0.4, -0.2) is 19.2 Å². The van der Waals surface area contributed by atoms with E-state index in [2.05, 4.69) is 10.6 Å². The van der Waals surface area contributed by atoms with E-state index in [4.69, 9.17) is 4.74 Å². The monoisotopic (exact) mass is 286 g/mol. The Balaban J connectivity index is 0.000000304. The summed E-state index contributed by atoms with van der Waals surface area (Å²) < 4.78 is 5.05. The Kier molecular flexibility index (Phi) is 7.43. The Labute approximate surface area is 126 Å². The standard InChI is InChI=1S/C11H16N2O2.C6H6/c1-8(2)12-11(14)13-9-5-4-6-10(7-9)15-3;1-2-4-6-5-3-1/h4-8H,1-3H3,(H2,12,13,14);1-6H. The first-order chi connectivity index (χ1) is 10.1. The van der Waals surface area contributed by atoms with Crippen molar-refractivity contribution in [3.63, 3.8) is 0 Å². The molecule has 0 bridgehead atoms. The minimum Gasteiger partial charge on any atom is -0.497 e. The Morgan fingerprint density at radius 3 is 2.05 bits per heavy atom. The SMILES string of the molecule is COc1cccc(NC(=O)NC(C)C)c1.c1ccccc1. The van der Waals surface area contributed by atoms with E-state index in [1.807, 2.05) is 68.4 Å². The number of carbonyl (C=O) groups is 1. The minimum atomic E-state index is -0.210. The van der Waals surface area contributed by atoms with Gasteiger partial charge in [0.2, 0.25) is 0 Å². The number of anilines is 1. The van der Waals surface area contributed by atoms with E-state index >= 15 is 0 Å². The summed E-state index contributed by atoms with van der Waals surface area (Å²) in [5.74, 6) is 0.720. The van der Waals surface area contributed by atoms with Crippen molar-refractivity contribution in [2.75, 3.05) is 12.4 Å². The molecule has 0 aromatic heterocycles. The highest BCUT2D eigenvalue weighted by Crippen LogP contribution is 2.16. The number of nitrogens with one attached hydrogen (secondary N) is 2. The fourth-order valence-corrected chi connectivity index (χ4v) is 1.52. The summed E-state index contributed by atoms with van der Waals surface area (Å²) in [5.41, 5.74) is 0.715. The Morgan fingerprint density at radius 2 is 1.57 bits per heavy atom. The average Bonchev–Trinajstić information content (AvgIpc) is 2.49. The molecule has 0 aliphatic carbocycles. The van der Waals surface area contributed by atoms with E-state index in [9.17, 15) is 4.79 Å². The van der Waals surface area contributed by atoms with Crippen LogP contribution in [0.25, 0.3) is 0 Å². The van der Waals surface area contributed by atoms with Crippen LogP contribution in [0.1, 0.15) is 13.8 Å². The van der Waals surface area contributed by atoms with Gasteiger partial charge in [-0.05, 0) is 26.0 Å². The molecule has 2 rings (SSSR count). The van der Waals surface area contributed by atoms with Crippen molar-refractivity contribution in [2.24, 2.45) is 0 Å². The summed E-state index contributed by atoms with van der Waals surface area (Å²) in [6.45, 7) is 3.82. The predicted molar refractivity (Wildman–Crippen MR) is 86.7 cm³/mol. The highest BCUT2D eigenvalue weighted by molar-refractivity contribution is 5.89. The van der Waals surface area contributed by atoms with E-state index in [0.29, 0.717) is 5.69 Å². The molecule has 2 N–H and O–H groups in total. The molecule has 112 valence electrons. The van der Waals surface area contributed by atoms with Gasteiger partial charge in [0, 0.05) is 17.8 Å². The van der Waals surface area contributed by atoms with Crippen molar-refractivity contribution >= 4 is 11.7 Å². The van der Waals surface area contributed by atoms with Gasteiger partial charge in [-0.3, -0.25) is 0 Å². The lowest BCUT2D eigenvalue weighted by molar-refractivity contribution is 0.250. The van der Waals surface area contributed by atoms with Crippen LogP contribution in [0.3, 0.4) is 0 Å². The third-order valence-corrected chi connectivity index (χ3v) is 2.41. The van der Waals surface area contributed by atoms with Gasteiger partial charge in [-0.25, -0.2) is 4.79 Å². The molecule has 0 aliphatic heterocycles. The zero-order chi connectivity index (χ0) is 15.5. The highest BCUT2D eigenvalue weighted by Gasteiger charge is 2.03. The first-order valence-corrected chi connectivity index (χ1v) is 6.83. The number of rotatable bonds is 3. The Bertz CT molecular complexity index is 501. The Hall–Kier alpha value is -2.49. The number of ether oxygens (including phenoxy) is 1. The van der Waals surface area contributed by atoms with E-state index < -0.39 is 0 Å². The van der Waals surface area contributed by atoms with Crippen molar-refractivity contribution in [2.45, 2.75) is 19.9 Å². The van der Waals surface area contributed by atoms with Crippen LogP contribution in [0.5, 0.6) is 5.75 Å². The molecule has 0 saturated heterocycles. The largest absolute Gasteiger partial charge is 0.497 e. The Morgan fingerprint density at radius 1 is 1.00 bits per heavy atom. The number of hydrogen-bond acceptors (Lipinski definition) is 2. The molecule has 0 radical (unpaired) electrons. The molecule has 0 spiro atoms. The van der Waals surface area contributed by atoms with Crippen molar-refractivity contribution in [3.05, 3.63) is 60.7 Å². The molecule has 0 aliphatic rings. The number of amides is 2. The smallest absolute Gasteiger partial charge is 0.319 e. The molecular formula is C17H22N2O2. The second kappa shape index (κ2) is 9.42. The summed E-state index contributed by atoms with van der Waals surface area (Å²) in [6, 6.07) is 19.1. The first kappa shape index (κ1) is 16.6. The number of urea groups is 1. The van der Waals surface area contributed by atoms with Gasteiger partial charge in [0.25, 0.3) is 0 Å². The van der Waals surface area contributed by atoms with Gasteiger partial charge in [0.1, 0.15) is 5.75 Å². The fraction of sp³-hybridized carbons (Fsp3) is 0.235. The molecule has 0 atom stereocenters. The van der Waals surface area contributed by atoms with Gasteiger partial charge in [0.15, 0.2) is 0 Å². The van der Waals surface area contributed by atoms with Gasteiger partial charge >= 0.3 is 6.03 Å². The van der Waals surface area contributed by atoms with Crippen LogP contribution in [0.15, 0.2) is 60.7 Å². The van der Waals surface area contributed by atoms with Gasteiger partial charge in [0.05, 0.1) is 7.11 Å².